The van der Waals surface area contributed by atoms with Crippen molar-refractivity contribution in [1.82, 2.24) is 5.32 Å². The third-order valence-corrected chi connectivity index (χ3v) is 7.00. The molecule has 0 aliphatic heterocycles. The quantitative estimate of drug-likeness (QED) is 0.359. The molecule has 0 aromatic rings. The van der Waals surface area contributed by atoms with E-state index in [4.69, 9.17) is 5.11 Å². The molecule has 0 aromatic carbocycles. The van der Waals surface area contributed by atoms with Crippen molar-refractivity contribution in [2.24, 2.45) is 23.7 Å². The van der Waals surface area contributed by atoms with Gasteiger partial charge in [0.25, 0.3) is 0 Å². The second-order valence-corrected chi connectivity index (χ2v) is 8.96. The molecule has 0 aromatic heterocycles. The van der Waals surface area contributed by atoms with Gasteiger partial charge in [0, 0.05) is 18.9 Å². The van der Waals surface area contributed by atoms with Crippen LogP contribution in [0, 0.1) is 23.7 Å². The van der Waals surface area contributed by atoms with Gasteiger partial charge >= 0.3 is 0 Å². The highest BCUT2D eigenvalue weighted by Gasteiger charge is 2.45. The molecule has 5 heteroatoms. The molecular weight excluding hydrogens is 354 g/mol. The normalized spacial score (nSPS) is 33.0. The molecule has 3 aliphatic carbocycles. The minimum absolute atomic E-state index is 0.00452. The summed E-state index contributed by atoms with van der Waals surface area (Å²) in [5.41, 5.74) is 1.47. The third-order valence-electron chi connectivity index (χ3n) is 7.00. The van der Waals surface area contributed by atoms with Crippen LogP contribution in [0.4, 0.5) is 0 Å². The Morgan fingerprint density at radius 2 is 2.04 bits per heavy atom. The number of carbonyl (C=O) groups is 1. The SMILES string of the molecule is O=C(CCCC=C1C[C@H]2C[C@@H](O)[C@H](C=C[C@@H](O)C3CCCC3)[C@H]2C1)NCCO. The molecule has 0 unspecified atom stereocenters. The molecular formula is C23H37NO4. The number of fused-ring (bicyclic) bond motifs is 1. The molecule has 4 N–H and O–H groups in total. The van der Waals surface area contributed by atoms with Gasteiger partial charge in [-0.3, -0.25) is 4.79 Å². The summed E-state index contributed by atoms with van der Waals surface area (Å²) in [5.74, 6) is 1.61. The van der Waals surface area contributed by atoms with E-state index in [0.29, 0.717) is 30.7 Å². The second kappa shape index (κ2) is 10.6. The van der Waals surface area contributed by atoms with Crippen molar-refractivity contribution in [3.8, 4) is 0 Å². The van der Waals surface area contributed by atoms with Gasteiger partial charge in [0.05, 0.1) is 18.8 Å². The number of amides is 1. The molecule has 3 aliphatic rings. The van der Waals surface area contributed by atoms with Crippen LogP contribution in [-0.2, 0) is 4.79 Å². The Labute approximate surface area is 168 Å². The third kappa shape index (κ3) is 5.68. The fraction of sp³-hybridized carbons (Fsp3) is 0.783. The number of allylic oxidation sites excluding steroid dienone is 2. The van der Waals surface area contributed by atoms with Crippen LogP contribution >= 0.6 is 0 Å². The smallest absolute Gasteiger partial charge is 0.220 e. The minimum Gasteiger partial charge on any atom is -0.395 e. The van der Waals surface area contributed by atoms with Crippen molar-refractivity contribution in [2.75, 3.05) is 13.2 Å². The van der Waals surface area contributed by atoms with E-state index in [2.05, 4.69) is 17.5 Å². The first-order chi connectivity index (χ1) is 13.6. The van der Waals surface area contributed by atoms with Gasteiger partial charge in [-0.05, 0) is 62.7 Å². The Balaban J connectivity index is 1.45. The van der Waals surface area contributed by atoms with E-state index in [1.807, 2.05) is 6.08 Å². The highest BCUT2D eigenvalue weighted by atomic mass is 16.3. The lowest BCUT2D eigenvalue weighted by Crippen LogP contribution is -2.25. The zero-order valence-corrected chi connectivity index (χ0v) is 16.9. The summed E-state index contributed by atoms with van der Waals surface area (Å²) in [4.78, 5) is 11.6. The maximum atomic E-state index is 11.6. The summed E-state index contributed by atoms with van der Waals surface area (Å²) in [6, 6.07) is 0. The maximum absolute atomic E-state index is 11.6. The van der Waals surface area contributed by atoms with Crippen LogP contribution in [0.3, 0.4) is 0 Å². The molecule has 1 amide bonds. The topological polar surface area (TPSA) is 89.8 Å². The highest BCUT2D eigenvalue weighted by Crippen LogP contribution is 2.50. The van der Waals surface area contributed by atoms with Crippen molar-refractivity contribution in [3.05, 3.63) is 23.8 Å². The number of nitrogens with one attached hydrogen (secondary N) is 1. The first-order valence-corrected chi connectivity index (χ1v) is 11.2. The standard InChI is InChI=1S/C23H37NO4/c25-12-11-24-23(28)8-4-1-5-16-13-18-15-22(27)19(20(18)14-16)9-10-21(26)17-6-2-3-7-17/h5,9-10,17-22,25-27H,1-4,6-8,11-15H2,(H,24,28)/t18-,19+,20-,21+,22+/m0/s1. The Bertz CT molecular complexity index is 567. The Hall–Kier alpha value is -1.17. The fourth-order valence-electron chi connectivity index (χ4n) is 5.49. The number of unbranched alkanes of at least 4 members (excludes halogenated alkanes) is 1. The Morgan fingerprint density at radius 1 is 1.25 bits per heavy atom. The van der Waals surface area contributed by atoms with Gasteiger partial charge in [0.1, 0.15) is 0 Å². The van der Waals surface area contributed by atoms with Crippen molar-refractivity contribution in [3.63, 3.8) is 0 Å². The average Bonchev–Trinajstić information content (AvgIpc) is 3.39. The number of aliphatic hydroxyl groups excluding tert-OH is 3. The molecule has 28 heavy (non-hydrogen) atoms. The summed E-state index contributed by atoms with van der Waals surface area (Å²) in [5, 5.41) is 32.3. The lowest BCUT2D eigenvalue weighted by Gasteiger charge is -2.19. The van der Waals surface area contributed by atoms with Gasteiger partial charge in [-0.1, -0.05) is 36.6 Å². The van der Waals surface area contributed by atoms with E-state index in [0.717, 1.165) is 44.9 Å². The summed E-state index contributed by atoms with van der Waals surface area (Å²) >= 11 is 0. The lowest BCUT2D eigenvalue weighted by atomic mass is 9.89. The molecule has 158 valence electrons. The van der Waals surface area contributed by atoms with Crippen LogP contribution in [0.5, 0.6) is 0 Å². The summed E-state index contributed by atoms with van der Waals surface area (Å²) in [6.45, 7) is 0.313. The monoisotopic (exact) mass is 391 g/mol. The van der Waals surface area contributed by atoms with E-state index < -0.39 is 0 Å². The molecule has 0 spiro atoms. The molecule has 0 saturated heterocycles. The van der Waals surface area contributed by atoms with Gasteiger partial charge in [0.2, 0.25) is 5.91 Å². The molecule has 5 atom stereocenters. The van der Waals surface area contributed by atoms with Crippen LogP contribution in [0.25, 0.3) is 0 Å². The van der Waals surface area contributed by atoms with E-state index >= 15 is 0 Å². The molecule has 0 heterocycles. The summed E-state index contributed by atoms with van der Waals surface area (Å²) in [7, 11) is 0. The molecule has 3 saturated carbocycles. The number of aliphatic hydroxyl groups is 3. The van der Waals surface area contributed by atoms with E-state index in [9.17, 15) is 15.0 Å². The predicted molar refractivity (Wildman–Crippen MR) is 109 cm³/mol. The van der Waals surface area contributed by atoms with E-state index in [1.165, 1.54) is 18.4 Å². The molecule has 3 fully saturated rings. The van der Waals surface area contributed by atoms with Crippen molar-refractivity contribution < 1.29 is 20.1 Å². The molecule has 3 rings (SSSR count). The summed E-state index contributed by atoms with van der Waals surface area (Å²) < 4.78 is 0. The van der Waals surface area contributed by atoms with Crippen molar-refractivity contribution in [1.29, 1.82) is 0 Å². The van der Waals surface area contributed by atoms with Gasteiger partial charge in [-0.15, -0.1) is 0 Å². The summed E-state index contributed by atoms with van der Waals surface area (Å²) in [6.07, 6.45) is 15.6. The van der Waals surface area contributed by atoms with Gasteiger partial charge in [0.15, 0.2) is 0 Å². The lowest BCUT2D eigenvalue weighted by molar-refractivity contribution is -0.121. The molecule has 0 radical (unpaired) electrons. The van der Waals surface area contributed by atoms with Crippen molar-refractivity contribution in [2.45, 2.75) is 76.4 Å². The van der Waals surface area contributed by atoms with Gasteiger partial charge < -0.3 is 20.6 Å². The highest BCUT2D eigenvalue weighted by molar-refractivity contribution is 5.75. The zero-order chi connectivity index (χ0) is 19.9. The van der Waals surface area contributed by atoms with E-state index in [-0.39, 0.29) is 30.6 Å². The fourth-order valence-corrected chi connectivity index (χ4v) is 5.49. The van der Waals surface area contributed by atoms with Crippen molar-refractivity contribution >= 4 is 5.91 Å². The second-order valence-electron chi connectivity index (χ2n) is 8.96. The zero-order valence-electron chi connectivity index (χ0n) is 16.9. The van der Waals surface area contributed by atoms with Gasteiger partial charge in [-0.2, -0.15) is 0 Å². The van der Waals surface area contributed by atoms with E-state index in [1.54, 1.807) is 0 Å². The largest absolute Gasteiger partial charge is 0.395 e. The van der Waals surface area contributed by atoms with Crippen LogP contribution in [0.15, 0.2) is 23.8 Å². The Morgan fingerprint density at radius 3 is 2.79 bits per heavy atom. The predicted octanol–water partition coefficient (Wildman–Crippen LogP) is 2.71. The molecule has 5 nitrogen and oxygen atoms in total. The average molecular weight is 392 g/mol. The molecule has 0 bridgehead atoms. The van der Waals surface area contributed by atoms with Crippen LogP contribution in [0.2, 0.25) is 0 Å². The van der Waals surface area contributed by atoms with Crippen LogP contribution in [0.1, 0.15) is 64.2 Å². The first-order valence-electron chi connectivity index (χ1n) is 11.2. The Kier molecular flexibility index (Phi) is 8.12. The number of carbonyl (C=O) groups excluding carboxylic acids is 1. The maximum Gasteiger partial charge on any atom is 0.220 e. The van der Waals surface area contributed by atoms with Crippen LogP contribution < -0.4 is 5.32 Å². The number of rotatable bonds is 9. The number of hydrogen-bond donors (Lipinski definition) is 4. The number of hydrogen-bond acceptors (Lipinski definition) is 4. The first kappa shape index (κ1) is 21.5. The minimum atomic E-state index is -0.359. The van der Waals surface area contributed by atoms with Gasteiger partial charge in [-0.25, -0.2) is 0 Å². The van der Waals surface area contributed by atoms with Crippen LogP contribution in [-0.4, -0.2) is 46.6 Å².